The van der Waals surface area contributed by atoms with Gasteiger partial charge in [-0.15, -0.1) is 11.3 Å². The topological polar surface area (TPSA) is 72.9 Å². The van der Waals surface area contributed by atoms with Gasteiger partial charge in [-0.1, -0.05) is 6.42 Å². The Morgan fingerprint density at radius 2 is 1.81 bits per heavy atom. The third-order valence-corrected chi connectivity index (χ3v) is 7.87. The minimum Gasteiger partial charge on any atom is -0.493 e. The zero-order valence-electron chi connectivity index (χ0n) is 19.4. The average molecular weight is 460 g/mol. The van der Waals surface area contributed by atoms with Crippen molar-refractivity contribution in [3.05, 3.63) is 22.7 Å². The van der Waals surface area contributed by atoms with Crippen molar-refractivity contribution >= 4 is 17.2 Å². The summed E-state index contributed by atoms with van der Waals surface area (Å²) in [4.78, 5) is 21.0. The number of amides is 1. The highest BCUT2D eigenvalue weighted by atomic mass is 32.1. The first-order valence-corrected chi connectivity index (χ1v) is 12.2. The first-order valence-electron chi connectivity index (χ1n) is 11.4. The van der Waals surface area contributed by atoms with Crippen molar-refractivity contribution in [1.82, 2.24) is 15.2 Å². The van der Waals surface area contributed by atoms with Crippen LogP contribution in [0.4, 0.5) is 0 Å². The van der Waals surface area contributed by atoms with Gasteiger partial charge in [-0.05, 0) is 63.7 Å². The molecule has 4 rings (SSSR count). The van der Waals surface area contributed by atoms with E-state index in [4.69, 9.17) is 14.2 Å². The van der Waals surface area contributed by atoms with Gasteiger partial charge in [0.15, 0.2) is 11.5 Å². The van der Waals surface area contributed by atoms with E-state index in [1.165, 1.54) is 56.5 Å². The van der Waals surface area contributed by atoms with Crippen LogP contribution in [0.25, 0.3) is 10.6 Å². The molecule has 2 aromatic rings. The monoisotopic (exact) mass is 459 g/mol. The Morgan fingerprint density at radius 1 is 1.09 bits per heavy atom. The Balaban J connectivity index is 1.49. The molecular formula is C24H33N3O4S. The number of nitrogens with one attached hydrogen (secondary N) is 1. The molecule has 32 heavy (non-hydrogen) atoms. The normalized spacial score (nSPS) is 21.0. The van der Waals surface area contributed by atoms with Crippen LogP contribution in [0.2, 0.25) is 0 Å². The maximum atomic E-state index is 13.0. The molecule has 0 aliphatic carbocycles. The third kappa shape index (κ3) is 4.57. The number of carbonyl (C=O) groups excluding carboxylic acids is 1. The Morgan fingerprint density at radius 3 is 2.50 bits per heavy atom. The largest absolute Gasteiger partial charge is 0.493 e. The molecule has 1 aromatic carbocycles. The molecular weight excluding hydrogens is 426 g/mol. The number of methoxy groups -OCH3 is 3. The maximum Gasteiger partial charge on any atom is 0.263 e. The molecule has 0 bridgehead atoms. The lowest BCUT2D eigenvalue weighted by Crippen LogP contribution is -2.50. The van der Waals surface area contributed by atoms with Crippen LogP contribution in [-0.2, 0) is 0 Å². The second-order valence-electron chi connectivity index (χ2n) is 8.56. The highest BCUT2D eigenvalue weighted by molar-refractivity contribution is 7.17. The summed E-state index contributed by atoms with van der Waals surface area (Å²) < 4.78 is 16.3. The minimum absolute atomic E-state index is 0.0355. The van der Waals surface area contributed by atoms with E-state index in [9.17, 15) is 4.79 Å². The standard InChI is InChI=1S/C24H33N3O4S/c1-15-22(23(28)25-14-16-8-7-11-27-10-6-5-9-18(16)27)32-24(26-15)17-12-19(29-2)21(31-4)20(13-17)30-3/h12-13,16,18H,5-11,14H2,1-4H3,(H,25,28). The fraction of sp³-hybridized carbons (Fsp3) is 0.583. The summed E-state index contributed by atoms with van der Waals surface area (Å²) >= 11 is 1.40. The van der Waals surface area contributed by atoms with Gasteiger partial charge in [0, 0.05) is 18.2 Å². The van der Waals surface area contributed by atoms with Crippen molar-refractivity contribution in [2.75, 3.05) is 41.0 Å². The molecule has 1 amide bonds. The van der Waals surface area contributed by atoms with Crippen LogP contribution >= 0.6 is 11.3 Å². The molecule has 174 valence electrons. The number of nitrogens with zero attached hydrogens (tertiary/aromatic N) is 2. The molecule has 8 heteroatoms. The van der Waals surface area contributed by atoms with Gasteiger partial charge in [0.2, 0.25) is 5.75 Å². The van der Waals surface area contributed by atoms with Crippen molar-refractivity contribution in [3.63, 3.8) is 0 Å². The number of piperidine rings is 2. The van der Waals surface area contributed by atoms with E-state index in [-0.39, 0.29) is 5.91 Å². The molecule has 2 aliphatic heterocycles. The number of carbonyl (C=O) groups is 1. The first kappa shape index (κ1) is 22.9. The van der Waals surface area contributed by atoms with E-state index in [0.29, 0.717) is 34.1 Å². The fourth-order valence-electron chi connectivity index (χ4n) is 5.05. The molecule has 7 nitrogen and oxygen atoms in total. The van der Waals surface area contributed by atoms with Crippen LogP contribution in [0.15, 0.2) is 12.1 Å². The molecule has 2 fully saturated rings. The smallest absolute Gasteiger partial charge is 0.263 e. The number of aryl methyl sites for hydroxylation is 1. The van der Waals surface area contributed by atoms with Crippen LogP contribution in [0, 0.1) is 12.8 Å². The number of rotatable bonds is 7. The van der Waals surface area contributed by atoms with E-state index < -0.39 is 0 Å². The van der Waals surface area contributed by atoms with Crippen molar-refractivity contribution in [2.24, 2.45) is 5.92 Å². The average Bonchev–Trinajstić information content (AvgIpc) is 3.23. The zero-order chi connectivity index (χ0) is 22.7. The van der Waals surface area contributed by atoms with Crippen LogP contribution in [-0.4, -0.2) is 62.8 Å². The van der Waals surface area contributed by atoms with E-state index in [0.717, 1.165) is 22.8 Å². The fourth-order valence-corrected chi connectivity index (χ4v) is 6.02. The van der Waals surface area contributed by atoms with E-state index in [1.54, 1.807) is 21.3 Å². The van der Waals surface area contributed by atoms with E-state index in [2.05, 4.69) is 15.2 Å². The summed E-state index contributed by atoms with van der Waals surface area (Å²) in [6.07, 6.45) is 6.28. The maximum absolute atomic E-state index is 13.0. The molecule has 2 saturated heterocycles. The summed E-state index contributed by atoms with van der Waals surface area (Å²) in [6, 6.07) is 4.34. The molecule has 2 unspecified atom stereocenters. The zero-order valence-corrected chi connectivity index (χ0v) is 20.2. The molecule has 1 aromatic heterocycles. The van der Waals surface area contributed by atoms with Gasteiger partial charge < -0.3 is 24.4 Å². The predicted molar refractivity (Wildman–Crippen MR) is 126 cm³/mol. The quantitative estimate of drug-likeness (QED) is 0.671. The number of hydrogen-bond donors (Lipinski definition) is 1. The van der Waals surface area contributed by atoms with Gasteiger partial charge in [0.1, 0.15) is 9.88 Å². The number of hydrogen-bond acceptors (Lipinski definition) is 7. The number of aromatic nitrogens is 1. The second kappa shape index (κ2) is 10.1. The van der Waals surface area contributed by atoms with Gasteiger partial charge in [-0.25, -0.2) is 4.98 Å². The second-order valence-corrected chi connectivity index (χ2v) is 9.56. The van der Waals surface area contributed by atoms with Gasteiger partial charge in [0.25, 0.3) is 5.91 Å². The number of thiazole rings is 1. The first-order chi connectivity index (χ1) is 15.5. The molecule has 0 saturated carbocycles. The van der Waals surface area contributed by atoms with E-state index >= 15 is 0 Å². The Hall–Kier alpha value is -2.32. The molecule has 2 atom stereocenters. The Kier molecular flexibility index (Phi) is 7.20. The van der Waals surface area contributed by atoms with Gasteiger partial charge in [-0.3, -0.25) is 4.79 Å². The lowest BCUT2D eigenvalue weighted by Gasteiger charge is -2.44. The third-order valence-electron chi connectivity index (χ3n) is 6.67. The SMILES string of the molecule is COc1cc(-c2nc(C)c(C(=O)NCC3CCCN4CCCCC34)s2)cc(OC)c1OC. The lowest BCUT2D eigenvalue weighted by atomic mass is 9.83. The molecule has 2 aliphatic rings. The summed E-state index contributed by atoms with van der Waals surface area (Å²) in [5.74, 6) is 2.17. The number of benzene rings is 1. The van der Waals surface area contributed by atoms with Crippen molar-refractivity contribution < 1.29 is 19.0 Å². The van der Waals surface area contributed by atoms with Crippen LogP contribution in [0.5, 0.6) is 17.2 Å². The minimum atomic E-state index is -0.0355. The summed E-state index contributed by atoms with van der Waals surface area (Å²) in [5, 5.41) is 3.96. The van der Waals surface area contributed by atoms with Gasteiger partial charge in [0.05, 0.1) is 27.0 Å². The van der Waals surface area contributed by atoms with Crippen molar-refractivity contribution in [1.29, 1.82) is 0 Å². The summed E-state index contributed by atoms with van der Waals surface area (Å²) in [7, 11) is 4.76. The van der Waals surface area contributed by atoms with Gasteiger partial charge in [-0.2, -0.15) is 0 Å². The van der Waals surface area contributed by atoms with Crippen molar-refractivity contribution in [2.45, 2.75) is 45.1 Å². The van der Waals surface area contributed by atoms with Gasteiger partial charge >= 0.3 is 0 Å². The Bertz CT molecular complexity index is 934. The van der Waals surface area contributed by atoms with Crippen LogP contribution < -0.4 is 19.5 Å². The number of fused-ring (bicyclic) bond motifs is 1. The Labute approximate surface area is 194 Å². The van der Waals surface area contributed by atoms with Crippen molar-refractivity contribution in [3.8, 4) is 27.8 Å². The molecule has 3 heterocycles. The van der Waals surface area contributed by atoms with E-state index in [1.807, 2.05) is 19.1 Å². The highest BCUT2D eigenvalue weighted by Crippen LogP contribution is 2.42. The van der Waals surface area contributed by atoms with Crippen LogP contribution in [0.1, 0.15) is 47.5 Å². The predicted octanol–water partition coefficient (Wildman–Crippen LogP) is 4.14. The van der Waals surface area contributed by atoms with Crippen LogP contribution in [0.3, 0.4) is 0 Å². The lowest BCUT2D eigenvalue weighted by molar-refractivity contribution is 0.0576. The summed E-state index contributed by atoms with van der Waals surface area (Å²) in [5.41, 5.74) is 1.57. The highest BCUT2D eigenvalue weighted by Gasteiger charge is 2.33. The molecule has 0 spiro atoms. The molecule has 1 N–H and O–H groups in total. The molecule has 0 radical (unpaired) electrons. The summed E-state index contributed by atoms with van der Waals surface area (Å²) in [6.45, 7) is 5.04. The number of ether oxygens (including phenoxy) is 3.